The number of carbonyl (C=O) groups excluding carboxylic acids is 1. The molecule has 1 aromatic carbocycles. The minimum atomic E-state index is -0.0991. The number of fused-ring (bicyclic) bond motifs is 1. The van der Waals surface area contributed by atoms with E-state index < -0.39 is 0 Å². The summed E-state index contributed by atoms with van der Waals surface area (Å²) in [4.78, 5) is 31.4. The fourth-order valence-corrected chi connectivity index (χ4v) is 3.87. The van der Waals surface area contributed by atoms with Crippen molar-refractivity contribution in [2.24, 2.45) is 0 Å². The predicted octanol–water partition coefficient (Wildman–Crippen LogP) is 3.34. The van der Waals surface area contributed by atoms with E-state index in [0.717, 1.165) is 23.9 Å². The quantitative estimate of drug-likeness (QED) is 0.784. The Morgan fingerprint density at radius 2 is 2.12 bits per heavy atom. The van der Waals surface area contributed by atoms with E-state index in [-0.39, 0.29) is 11.5 Å². The maximum Gasteiger partial charge on any atom is 0.261 e. The molecule has 1 fully saturated rings. The second-order valence-electron chi connectivity index (χ2n) is 6.27. The average Bonchev–Trinajstić information content (AvgIpc) is 3.09. The third-order valence-electron chi connectivity index (χ3n) is 4.78. The van der Waals surface area contributed by atoms with Crippen molar-refractivity contribution in [3.8, 4) is 0 Å². The second kappa shape index (κ2) is 7.47. The molecule has 0 spiro atoms. The predicted molar refractivity (Wildman–Crippen MR) is 98.0 cm³/mol. The van der Waals surface area contributed by atoms with Gasteiger partial charge in [-0.05, 0) is 38.0 Å². The second-order valence-corrected chi connectivity index (χ2v) is 7.19. The first-order chi connectivity index (χ1) is 11.6. The van der Waals surface area contributed by atoms with Gasteiger partial charge in [-0.1, -0.05) is 28.8 Å². The minimum absolute atomic E-state index is 0.0991. The normalized spacial score (nSPS) is 15.1. The molecule has 5 nitrogen and oxygen atoms in total. The van der Waals surface area contributed by atoms with Crippen molar-refractivity contribution >= 4 is 32.7 Å². The first kappa shape index (κ1) is 17.1. The van der Waals surface area contributed by atoms with Gasteiger partial charge in [-0.3, -0.25) is 14.2 Å². The van der Waals surface area contributed by atoms with Crippen molar-refractivity contribution in [2.45, 2.75) is 51.6 Å². The number of amides is 1. The SMILES string of the molecule is CCN(C(=O)CCn1cnc2ccc(Br)cc2c1=O)C1CCCC1. The van der Waals surface area contributed by atoms with Crippen LogP contribution in [0.5, 0.6) is 0 Å². The van der Waals surface area contributed by atoms with Crippen LogP contribution in [0.4, 0.5) is 0 Å². The van der Waals surface area contributed by atoms with E-state index in [2.05, 4.69) is 20.9 Å². The molecule has 0 unspecified atom stereocenters. The van der Waals surface area contributed by atoms with Crippen LogP contribution in [0.1, 0.15) is 39.0 Å². The van der Waals surface area contributed by atoms with Crippen LogP contribution in [0.3, 0.4) is 0 Å². The maximum atomic E-state index is 12.6. The zero-order valence-corrected chi connectivity index (χ0v) is 15.5. The zero-order chi connectivity index (χ0) is 17.1. The van der Waals surface area contributed by atoms with Gasteiger partial charge < -0.3 is 4.90 Å². The van der Waals surface area contributed by atoms with Gasteiger partial charge in [0.1, 0.15) is 0 Å². The zero-order valence-electron chi connectivity index (χ0n) is 13.9. The molecule has 0 atom stereocenters. The fourth-order valence-electron chi connectivity index (χ4n) is 3.50. The number of halogens is 1. The van der Waals surface area contributed by atoms with Crippen LogP contribution >= 0.6 is 15.9 Å². The highest BCUT2D eigenvalue weighted by atomic mass is 79.9. The molecule has 0 radical (unpaired) electrons. The third kappa shape index (κ3) is 3.53. The van der Waals surface area contributed by atoms with Crippen molar-refractivity contribution in [2.75, 3.05) is 6.54 Å². The molecular weight excluding hydrogens is 370 g/mol. The van der Waals surface area contributed by atoms with Crippen molar-refractivity contribution < 1.29 is 4.79 Å². The van der Waals surface area contributed by atoms with Gasteiger partial charge >= 0.3 is 0 Å². The van der Waals surface area contributed by atoms with E-state index in [4.69, 9.17) is 0 Å². The lowest BCUT2D eigenvalue weighted by molar-refractivity contribution is -0.133. The van der Waals surface area contributed by atoms with Crippen LogP contribution in [-0.4, -0.2) is 32.9 Å². The van der Waals surface area contributed by atoms with E-state index in [0.29, 0.717) is 29.9 Å². The Morgan fingerprint density at radius 3 is 2.83 bits per heavy atom. The molecule has 0 N–H and O–H groups in total. The number of hydrogen-bond donors (Lipinski definition) is 0. The van der Waals surface area contributed by atoms with Crippen molar-refractivity contribution in [3.63, 3.8) is 0 Å². The average molecular weight is 392 g/mol. The first-order valence-electron chi connectivity index (χ1n) is 8.54. The van der Waals surface area contributed by atoms with Crippen LogP contribution in [0, 0.1) is 0 Å². The van der Waals surface area contributed by atoms with Crippen LogP contribution in [0.25, 0.3) is 10.9 Å². The van der Waals surface area contributed by atoms with Crippen molar-refractivity contribution in [1.82, 2.24) is 14.5 Å². The van der Waals surface area contributed by atoms with Crippen LogP contribution in [-0.2, 0) is 11.3 Å². The summed E-state index contributed by atoms with van der Waals surface area (Å²) >= 11 is 3.38. The summed E-state index contributed by atoms with van der Waals surface area (Å²) in [7, 11) is 0. The molecule has 1 amide bonds. The minimum Gasteiger partial charge on any atom is -0.340 e. The Hall–Kier alpha value is -1.69. The Balaban J connectivity index is 1.74. The molecule has 128 valence electrons. The maximum absolute atomic E-state index is 12.6. The summed E-state index contributed by atoms with van der Waals surface area (Å²) in [5, 5.41) is 0.572. The number of aryl methyl sites for hydroxylation is 1. The molecule has 1 saturated carbocycles. The van der Waals surface area contributed by atoms with Crippen molar-refractivity contribution in [1.29, 1.82) is 0 Å². The van der Waals surface area contributed by atoms with Gasteiger partial charge in [0.15, 0.2) is 0 Å². The van der Waals surface area contributed by atoms with Crippen LogP contribution in [0.2, 0.25) is 0 Å². The van der Waals surface area contributed by atoms with Gasteiger partial charge in [0.05, 0.1) is 17.2 Å². The molecule has 1 aromatic heterocycles. The van der Waals surface area contributed by atoms with Gasteiger partial charge in [-0.2, -0.15) is 0 Å². The number of nitrogens with zero attached hydrogens (tertiary/aromatic N) is 3. The molecule has 24 heavy (non-hydrogen) atoms. The van der Waals surface area contributed by atoms with E-state index >= 15 is 0 Å². The molecule has 2 aromatic rings. The molecule has 1 aliphatic rings. The molecule has 3 rings (SSSR count). The molecule has 1 heterocycles. The summed E-state index contributed by atoms with van der Waals surface area (Å²) in [6.07, 6.45) is 6.49. The van der Waals surface area contributed by atoms with Gasteiger partial charge in [-0.15, -0.1) is 0 Å². The smallest absolute Gasteiger partial charge is 0.261 e. The Labute approximate surface area is 149 Å². The van der Waals surface area contributed by atoms with Gasteiger partial charge in [0, 0.05) is 30.0 Å². The standard InChI is InChI=1S/C18H22BrN3O2/c1-2-22(14-5-3-4-6-14)17(23)9-10-21-12-20-16-8-7-13(19)11-15(16)18(21)24/h7-8,11-12,14H,2-6,9-10H2,1H3. The van der Waals surface area contributed by atoms with Crippen molar-refractivity contribution in [3.05, 3.63) is 39.4 Å². The molecule has 0 bridgehead atoms. The molecule has 0 saturated heterocycles. The highest BCUT2D eigenvalue weighted by Crippen LogP contribution is 2.24. The van der Waals surface area contributed by atoms with E-state index in [1.165, 1.54) is 23.7 Å². The monoisotopic (exact) mass is 391 g/mol. The first-order valence-corrected chi connectivity index (χ1v) is 9.33. The number of aromatic nitrogens is 2. The summed E-state index contributed by atoms with van der Waals surface area (Å²) in [5.74, 6) is 0.130. The number of carbonyl (C=O) groups is 1. The summed E-state index contributed by atoms with van der Waals surface area (Å²) in [6.45, 7) is 3.13. The topological polar surface area (TPSA) is 55.2 Å². The molecule has 1 aliphatic carbocycles. The number of rotatable bonds is 5. The number of benzene rings is 1. The van der Waals surface area contributed by atoms with E-state index in [9.17, 15) is 9.59 Å². The number of hydrogen-bond acceptors (Lipinski definition) is 3. The highest BCUT2D eigenvalue weighted by molar-refractivity contribution is 9.10. The molecule has 6 heteroatoms. The summed E-state index contributed by atoms with van der Waals surface area (Å²) in [5.41, 5.74) is 0.574. The van der Waals surface area contributed by atoms with Gasteiger partial charge in [0.25, 0.3) is 5.56 Å². The van der Waals surface area contributed by atoms with Gasteiger partial charge in [-0.25, -0.2) is 4.98 Å². The third-order valence-corrected chi connectivity index (χ3v) is 5.27. The van der Waals surface area contributed by atoms with Crippen LogP contribution < -0.4 is 5.56 Å². The lowest BCUT2D eigenvalue weighted by Gasteiger charge is -2.27. The lowest BCUT2D eigenvalue weighted by atomic mass is 10.2. The Kier molecular flexibility index (Phi) is 5.33. The van der Waals surface area contributed by atoms with Crippen LogP contribution in [0.15, 0.2) is 33.8 Å². The summed E-state index contributed by atoms with van der Waals surface area (Å²) in [6, 6.07) is 5.84. The highest BCUT2D eigenvalue weighted by Gasteiger charge is 2.25. The lowest BCUT2D eigenvalue weighted by Crippen LogP contribution is -2.39. The Morgan fingerprint density at radius 1 is 1.38 bits per heavy atom. The summed E-state index contributed by atoms with van der Waals surface area (Å²) < 4.78 is 2.39. The Bertz CT molecular complexity index is 796. The fraction of sp³-hybridized carbons (Fsp3) is 0.500. The molecule has 0 aliphatic heterocycles. The van der Waals surface area contributed by atoms with E-state index in [1.807, 2.05) is 24.0 Å². The largest absolute Gasteiger partial charge is 0.340 e. The van der Waals surface area contributed by atoms with Gasteiger partial charge in [0.2, 0.25) is 5.91 Å². The van der Waals surface area contributed by atoms with E-state index in [1.54, 1.807) is 6.07 Å². The molecular formula is C18H22BrN3O2.